The standard InChI is InChI=1S/C18H18N4O5S/c1-27-10-9-19-16(23)13-3-2-4-14(11-13)20-18(28)21-17(24)12-5-7-15(8-6-12)22(25)26/h2-8,11H,9-10H2,1H3,(H,19,23)(H2,20,21,24,28). The molecular weight excluding hydrogens is 384 g/mol. The van der Waals surface area contributed by atoms with Crippen LogP contribution in [0.5, 0.6) is 0 Å². The Labute approximate surface area is 166 Å². The number of hydrogen-bond donors (Lipinski definition) is 3. The molecule has 0 fully saturated rings. The van der Waals surface area contributed by atoms with Gasteiger partial charge in [-0.2, -0.15) is 0 Å². The molecule has 0 unspecified atom stereocenters. The molecule has 28 heavy (non-hydrogen) atoms. The molecule has 0 saturated carbocycles. The van der Waals surface area contributed by atoms with Gasteiger partial charge >= 0.3 is 0 Å². The molecular formula is C18H18N4O5S. The predicted octanol–water partition coefficient (Wildman–Crippen LogP) is 2.10. The molecule has 0 bridgehead atoms. The molecule has 10 heteroatoms. The highest BCUT2D eigenvalue weighted by Gasteiger charge is 2.11. The van der Waals surface area contributed by atoms with Crippen LogP contribution in [0.1, 0.15) is 20.7 Å². The first-order valence-electron chi connectivity index (χ1n) is 8.14. The van der Waals surface area contributed by atoms with Gasteiger partial charge in [0, 0.05) is 42.6 Å². The van der Waals surface area contributed by atoms with Crippen molar-refractivity contribution in [3.05, 3.63) is 69.8 Å². The number of nitrogens with zero attached hydrogens (tertiary/aromatic N) is 1. The van der Waals surface area contributed by atoms with Crippen LogP contribution in [0, 0.1) is 10.1 Å². The number of hydrogen-bond acceptors (Lipinski definition) is 6. The van der Waals surface area contributed by atoms with E-state index in [0.717, 1.165) is 0 Å². The number of benzene rings is 2. The lowest BCUT2D eigenvalue weighted by Gasteiger charge is -2.11. The molecule has 0 atom stereocenters. The van der Waals surface area contributed by atoms with E-state index < -0.39 is 10.8 Å². The van der Waals surface area contributed by atoms with Crippen LogP contribution in [0.25, 0.3) is 0 Å². The van der Waals surface area contributed by atoms with Gasteiger partial charge in [-0.3, -0.25) is 25.0 Å². The maximum Gasteiger partial charge on any atom is 0.269 e. The molecule has 146 valence electrons. The Morgan fingerprint density at radius 2 is 1.82 bits per heavy atom. The van der Waals surface area contributed by atoms with Crippen molar-refractivity contribution in [1.29, 1.82) is 0 Å². The summed E-state index contributed by atoms with van der Waals surface area (Å²) in [6, 6.07) is 11.7. The zero-order chi connectivity index (χ0) is 20.5. The third-order valence-corrected chi connectivity index (χ3v) is 3.75. The minimum Gasteiger partial charge on any atom is -0.383 e. The molecule has 0 aromatic heterocycles. The zero-order valence-corrected chi connectivity index (χ0v) is 15.7. The third kappa shape index (κ3) is 6.11. The first-order chi connectivity index (χ1) is 13.4. The quantitative estimate of drug-likeness (QED) is 0.280. The highest BCUT2D eigenvalue weighted by molar-refractivity contribution is 7.80. The van der Waals surface area contributed by atoms with E-state index in [0.29, 0.717) is 24.4 Å². The van der Waals surface area contributed by atoms with Gasteiger partial charge in [-0.05, 0) is 42.5 Å². The lowest BCUT2D eigenvalue weighted by Crippen LogP contribution is -2.34. The van der Waals surface area contributed by atoms with E-state index in [1.165, 1.54) is 24.3 Å². The van der Waals surface area contributed by atoms with E-state index in [-0.39, 0.29) is 22.3 Å². The van der Waals surface area contributed by atoms with Gasteiger partial charge in [0.1, 0.15) is 0 Å². The maximum atomic E-state index is 12.2. The smallest absolute Gasteiger partial charge is 0.269 e. The largest absolute Gasteiger partial charge is 0.383 e. The molecule has 2 aromatic rings. The maximum absolute atomic E-state index is 12.2. The molecule has 0 aliphatic rings. The van der Waals surface area contributed by atoms with Crippen molar-refractivity contribution in [1.82, 2.24) is 10.6 Å². The van der Waals surface area contributed by atoms with Gasteiger partial charge in [0.15, 0.2) is 5.11 Å². The summed E-state index contributed by atoms with van der Waals surface area (Å²) in [6.45, 7) is 0.791. The number of rotatable bonds is 7. The van der Waals surface area contributed by atoms with Crippen molar-refractivity contribution < 1.29 is 19.2 Å². The third-order valence-electron chi connectivity index (χ3n) is 3.54. The number of thiocarbonyl (C=S) groups is 1. The molecule has 3 N–H and O–H groups in total. The predicted molar refractivity (Wildman–Crippen MR) is 107 cm³/mol. The van der Waals surface area contributed by atoms with E-state index in [2.05, 4.69) is 16.0 Å². The number of methoxy groups -OCH3 is 1. The number of anilines is 1. The summed E-state index contributed by atoms with van der Waals surface area (Å²) in [4.78, 5) is 34.3. The number of non-ortho nitro benzene ring substituents is 1. The van der Waals surface area contributed by atoms with E-state index >= 15 is 0 Å². The molecule has 0 saturated heterocycles. The summed E-state index contributed by atoms with van der Waals surface area (Å²) in [5.41, 5.74) is 1.05. The summed E-state index contributed by atoms with van der Waals surface area (Å²) in [7, 11) is 1.54. The Bertz CT molecular complexity index is 886. The molecule has 0 radical (unpaired) electrons. The van der Waals surface area contributed by atoms with Crippen molar-refractivity contribution in [3.63, 3.8) is 0 Å². The van der Waals surface area contributed by atoms with Gasteiger partial charge in [-0.1, -0.05) is 6.07 Å². The fraction of sp³-hybridized carbons (Fsp3) is 0.167. The SMILES string of the molecule is COCCNC(=O)c1cccc(NC(=S)NC(=O)c2ccc([N+](=O)[O-])cc2)c1. The van der Waals surface area contributed by atoms with E-state index in [9.17, 15) is 19.7 Å². The highest BCUT2D eigenvalue weighted by Crippen LogP contribution is 2.13. The van der Waals surface area contributed by atoms with E-state index in [1.54, 1.807) is 31.4 Å². The fourth-order valence-electron chi connectivity index (χ4n) is 2.18. The first kappa shape index (κ1) is 20.9. The van der Waals surface area contributed by atoms with Crippen molar-refractivity contribution in [2.24, 2.45) is 0 Å². The molecule has 2 amide bonds. The van der Waals surface area contributed by atoms with Crippen LogP contribution in [-0.4, -0.2) is 42.1 Å². The number of carbonyl (C=O) groups excluding carboxylic acids is 2. The van der Waals surface area contributed by atoms with Gasteiger partial charge in [0.2, 0.25) is 0 Å². The number of amides is 2. The molecule has 2 rings (SSSR count). The Hall–Kier alpha value is -3.37. The molecule has 2 aromatic carbocycles. The number of nitro groups is 1. The Morgan fingerprint density at radius 1 is 1.11 bits per heavy atom. The van der Waals surface area contributed by atoms with Gasteiger partial charge in [0.25, 0.3) is 17.5 Å². The minimum atomic E-state index is -0.549. The normalized spacial score (nSPS) is 10.0. The molecule has 0 heterocycles. The van der Waals surface area contributed by atoms with Crippen LogP contribution in [-0.2, 0) is 4.74 Å². The Kier molecular flexibility index (Phi) is 7.55. The monoisotopic (exact) mass is 402 g/mol. The minimum absolute atomic E-state index is 0.0280. The zero-order valence-electron chi connectivity index (χ0n) is 14.9. The molecule has 0 aliphatic heterocycles. The summed E-state index contributed by atoms with van der Waals surface area (Å²) >= 11 is 5.11. The van der Waals surface area contributed by atoms with Gasteiger partial charge < -0.3 is 15.4 Å². The summed E-state index contributed by atoms with van der Waals surface area (Å²) in [5.74, 6) is -0.776. The van der Waals surface area contributed by atoms with Crippen LogP contribution < -0.4 is 16.0 Å². The first-order valence-corrected chi connectivity index (χ1v) is 8.55. The second-order valence-electron chi connectivity index (χ2n) is 5.54. The number of carbonyl (C=O) groups is 2. The average Bonchev–Trinajstić information content (AvgIpc) is 2.68. The Morgan fingerprint density at radius 3 is 2.46 bits per heavy atom. The number of ether oxygens (including phenoxy) is 1. The highest BCUT2D eigenvalue weighted by atomic mass is 32.1. The van der Waals surface area contributed by atoms with E-state index in [4.69, 9.17) is 17.0 Å². The number of nitrogens with one attached hydrogen (secondary N) is 3. The second kappa shape index (κ2) is 10.1. The van der Waals surface area contributed by atoms with Crippen LogP contribution in [0.3, 0.4) is 0 Å². The van der Waals surface area contributed by atoms with Crippen molar-refractivity contribution in [3.8, 4) is 0 Å². The number of nitro benzene ring substituents is 1. The van der Waals surface area contributed by atoms with Crippen LogP contribution in [0.4, 0.5) is 11.4 Å². The van der Waals surface area contributed by atoms with Crippen molar-refractivity contribution in [2.75, 3.05) is 25.6 Å². The van der Waals surface area contributed by atoms with Gasteiger partial charge in [-0.25, -0.2) is 0 Å². The topological polar surface area (TPSA) is 123 Å². The van der Waals surface area contributed by atoms with Crippen molar-refractivity contribution in [2.45, 2.75) is 0 Å². The lowest BCUT2D eigenvalue weighted by molar-refractivity contribution is -0.384. The van der Waals surface area contributed by atoms with E-state index in [1.807, 2.05) is 0 Å². The average molecular weight is 402 g/mol. The summed E-state index contributed by atoms with van der Waals surface area (Å²) in [5, 5.41) is 18.7. The molecule has 0 spiro atoms. The van der Waals surface area contributed by atoms with Crippen LogP contribution in [0.2, 0.25) is 0 Å². The van der Waals surface area contributed by atoms with Gasteiger partial charge in [-0.15, -0.1) is 0 Å². The van der Waals surface area contributed by atoms with Crippen LogP contribution >= 0.6 is 12.2 Å². The summed E-state index contributed by atoms with van der Waals surface area (Å²) < 4.78 is 4.88. The van der Waals surface area contributed by atoms with Gasteiger partial charge in [0.05, 0.1) is 11.5 Å². The second-order valence-corrected chi connectivity index (χ2v) is 5.95. The van der Waals surface area contributed by atoms with Crippen LogP contribution in [0.15, 0.2) is 48.5 Å². The fourth-order valence-corrected chi connectivity index (χ4v) is 2.39. The lowest BCUT2D eigenvalue weighted by atomic mass is 10.2. The summed E-state index contributed by atoms with van der Waals surface area (Å²) in [6.07, 6.45) is 0. The molecule has 0 aliphatic carbocycles. The Balaban J connectivity index is 1.95. The molecule has 9 nitrogen and oxygen atoms in total. The van der Waals surface area contributed by atoms with Crippen molar-refractivity contribution >= 4 is 40.5 Å².